The third-order valence-electron chi connectivity index (χ3n) is 6.10. The van der Waals surface area contributed by atoms with Crippen LogP contribution < -0.4 is 5.32 Å². The van der Waals surface area contributed by atoms with Crippen molar-refractivity contribution in [3.8, 4) is 0 Å². The second-order valence-corrected chi connectivity index (χ2v) is 7.82. The molecule has 0 radical (unpaired) electrons. The van der Waals surface area contributed by atoms with Gasteiger partial charge in [0.2, 0.25) is 0 Å². The van der Waals surface area contributed by atoms with E-state index >= 15 is 0 Å². The van der Waals surface area contributed by atoms with Gasteiger partial charge in [-0.25, -0.2) is 0 Å². The van der Waals surface area contributed by atoms with Gasteiger partial charge in [-0.05, 0) is 29.2 Å². The third-order valence-corrected chi connectivity index (χ3v) is 6.10. The second-order valence-electron chi connectivity index (χ2n) is 7.82. The Morgan fingerprint density at radius 3 is 2.65 bits per heavy atom. The summed E-state index contributed by atoms with van der Waals surface area (Å²) in [6, 6.07) is 12.3. The number of fused-ring (bicyclic) bond motifs is 3. The van der Waals surface area contributed by atoms with Gasteiger partial charge in [-0.15, -0.1) is 0 Å². The number of carbonyl (C=O) groups excluding carboxylic acids is 1. The standard InChI is InChI=1S/C22H27N3O/c1-3-15(2)12-25-13-19-17-6-4-5-7-18(17)21(20(19)14-25)24-22(26)16-8-10-23-11-9-16/h4-11,15,19-21H,3,12-14H2,1-2H3,(H,24,26)/t15-,19-,20-,21+/m0/s1. The number of aromatic nitrogens is 1. The molecule has 1 fully saturated rings. The van der Waals surface area contributed by atoms with Crippen molar-refractivity contribution in [2.75, 3.05) is 19.6 Å². The zero-order valence-electron chi connectivity index (χ0n) is 15.6. The van der Waals surface area contributed by atoms with Crippen LogP contribution in [0.4, 0.5) is 0 Å². The number of amides is 1. The van der Waals surface area contributed by atoms with Crippen LogP contribution in [0.5, 0.6) is 0 Å². The van der Waals surface area contributed by atoms with Gasteiger partial charge in [-0.1, -0.05) is 44.5 Å². The van der Waals surface area contributed by atoms with Crippen LogP contribution >= 0.6 is 0 Å². The molecule has 1 N–H and O–H groups in total. The minimum absolute atomic E-state index is 0.00627. The molecule has 4 rings (SSSR count). The van der Waals surface area contributed by atoms with Gasteiger partial charge in [-0.3, -0.25) is 9.78 Å². The molecule has 0 bridgehead atoms. The normalized spacial score (nSPS) is 25.5. The summed E-state index contributed by atoms with van der Waals surface area (Å²) in [7, 11) is 0. The van der Waals surface area contributed by atoms with Crippen molar-refractivity contribution in [3.05, 3.63) is 65.5 Å². The van der Waals surface area contributed by atoms with E-state index in [9.17, 15) is 4.79 Å². The molecule has 1 aromatic heterocycles. The summed E-state index contributed by atoms with van der Waals surface area (Å²) in [5.74, 6) is 1.70. The highest BCUT2D eigenvalue weighted by atomic mass is 16.1. The summed E-state index contributed by atoms with van der Waals surface area (Å²) in [5.41, 5.74) is 3.40. The predicted octanol–water partition coefficient (Wildman–Crippen LogP) is 3.63. The van der Waals surface area contributed by atoms with Crippen molar-refractivity contribution in [1.82, 2.24) is 15.2 Å². The first-order valence-electron chi connectivity index (χ1n) is 9.69. The van der Waals surface area contributed by atoms with Gasteiger partial charge in [0.05, 0.1) is 6.04 Å². The number of benzene rings is 1. The summed E-state index contributed by atoms with van der Waals surface area (Å²) in [5, 5.41) is 3.32. The van der Waals surface area contributed by atoms with Crippen LogP contribution in [0.3, 0.4) is 0 Å². The lowest BCUT2D eigenvalue weighted by atomic mass is 9.94. The number of pyridine rings is 1. The molecule has 0 spiro atoms. The Bertz CT molecular complexity index is 776. The molecule has 0 saturated carbocycles. The summed E-state index contributed by atoms with van der Waals surface area (Å²) >= 11 is 0. The Hall–Kier alpha value is -2.20. The first-order valence-corrected chi connectivity index (χ1v) is 9.69. The molecule has 2 aromatic rings. The lowest BCUT2D eigenvalue weighted by molar-refractivity contribution is 0.0923. The van der Waals surface area contributed by atoms with E-state index in [1.165, 1.54) is 17.5 Å². The zero-order chi connectivity index (χ0) is 18.1. The molecule has 1 saturated heterocycles. The zero-order valence-corrected chi connectivity index (χ0v) is 15.6. The topological polar surface area (TPSA) is 45.2 Å². The van der Waals surface area contributed by atoms with E-state index in [0.717, 1.165) is 19.6 Å². The molecule has 2 heterocycles. The maximum absolute atomic E-state index is 12.8. The Morgan fingerprint density at radius 2 is 1.92 bits per heavy atom. The lowest BCUT2D eigenvalue weighted by Crippen LogP contribution is -2.34. The van der Waals surface area contributed by atoms with Crippen LogP contribution in [-0.2, 0) is 0 Å². The van der Waals surface area contributed by atoms with Gasteiger partial charge in [0.25, 0.3) is 5.91 Å². The maximum atomic E-state index is 12.8. The number of nitrogens with one attached hydrogen (secondary N) is 1. The van der Waals surface area contributed by atoms with Gasteiger partial charge in [0.1, 0.15) is 0 Å². The van der Waals surface area contributed by atoms with E-state index in [1.54, 1.807) is 24.5 Å². The summed E-state index contributed by atoms with van der Waals surface area (Å²) in [6.07, 6.45) is 4.55. The minimum Gasteiger partial charge on any atom is -0.345 e. The average molecular weight is 349 g/mol. The molecule has 1 aromatic carbocycles. The molecular weight excluding hydrogens is 322 g/mol. The van der Waals surface area contributed by atoms with Crippen LogP contribution in [0.1, 0.15) is 53.7 Å². The van der Waals surface area contributed by atoms with Gasteiger partial charge in [-0.2, -0.15) is 0 Å². The second kappa shape index (κ2) is 7.20. The minimum atomic E-state index is -0.00627. The van der Waals surface area contributed by atoms with Crippen LogP contribution in [0.25, 0.3) is 0 Å². The van der Waals surface area contributed by atoms with E-state index in [-0.39, 0.29) is 11.9 Å². The van der Waals surface area contributed by atoms with Crippen molar-refractivity contribution < 1.29 is 4.79 Å². The summed E-state index contributed by atoms with van der Waals surface area (Å²) in [4.78, 5) is 19.3. The van der Waals surface area contributed by atoms with Crippen molar-refractivity contribution in [3.63, 3.8) is 0 Å². The van der Waals surface area contributed by atoms with Crippen LogP contribution in [0.2, 0.25) is 0 Å². The number of rotatable bonds is 5. The molecule has 26 heavy (non-hydrogen) atoms. The Morgan fingerprint density at radius 1 is 1.19 bits per heavy atom. The Labute approximate surface area is 155 Å². The highest BCUT2D eigenvalue weighted by Crippen LogP contribution is 2.49. The van der Waals surface area contributed by atoms with E-state index in [4.69, 9.17) is 0 Å². The fourth-order valence-corrected chi connectivity index (χ4v) is 4.57. The maximum Gasteiger partial charge on any atom is 0.251 e. The molecule has 0 unspecified atom stereocenters. The van der Waals surface area contributed by atoms with Gasteiger partial charge in [0, 0.05) is 49.4 Å². The first-order chi connectivity index (χ1) is 12.7. The molecule has 4 atom stereocenters. The summed E-state index contributed by atoms with van der Waals surface area (Å²) < 4.78 is 0. The monoisotopic (exact) mass is 349 g/mol. The SMILES string of the molecule is CC[C@H](C)CN1C[C@@H]2[C@H](NC(=O)c3ccncc3)c3ccccc3[C@@H]2C1. The van der Waals surface area contributed by atoms with Crippen molar-refractivity contribution in [1.29, 1.82) is 0 Å². The fraction of sp³-hybridized carbons (Fsp3) is 0.455. The van der Waals surface area contributed by atoms with E-state index in [2.05, 4.69) is 53.3 Å². The van der Waals surface area contributed by atoms with Gasteiger partial charge < -0.3 is 10.2 Å². The number of nitrogens with zero attached hydrogens (tertiary/aromatic N) is 2. The number of hydrogen-bond acceptors (Lipinski definition) is 3. The molecule has 2 aliphatic rings. The van der Waals surface area contributed by atoms with Gasteiger partial charge >= 0.3 is 0 Å². The number of carbonyl (C=O) groups is 1. The van der Waals surface area contributed by atoms with Gasteiger partial charge in [0.15, 0.2) is 0 Å². The van der Waals surface area contributed by atoms with Crippen molar-refractivity contribution in [2.24, 2.45) is 11.8 Å². The van der Waals surface area contributed by atoms with Crippen molar-refractivity contribution in [2.45, 2.75) is 32.2 Å². The van der Waals surface area contributed by atoms with Crippen molar-refractivity contribution >= 4 is 5.91 Å². The quantitative estimate of drug-likeness (QED) is 0.896. The Kier molecular flexibility index (Phi) is 4.77. The summed E-state index contributed by atoms with van der Waals surface area (Å²) in [6.45, 7) is 7.90. The van der Waals surface area contributed by atoms with E-state index in [1.807, 2.05) is 0 Å². The molecule has 1 aliphatic carbocycles. The smallest absolute Gasteiger partial charge is 0.251 e. The highest BCUT2D eigenvalue weighted by molar-refractivity contribution is 5.94. The molecule has 4 heteroatoms. The third kappa shape index (κ3) is 3.14. The molecule has 1 amide bonds. The molecule has 4 nitrogen and oxygen atoms in total. The van der Waals surface area contributed by atoms with E-state index in [0.29, 0.717) is 23.3 Å². The Balaban J connectivity index is 1.56. The van der Waals surface area contributed by atoms with Crippen LogP contribution in [0.15, 0.2) is 48.8 Å². The molecule has 136 valence electrons. The average Bonchev–Trinajstić information content (AvgIpc) is 3.20. The first kappa shape index (κ1) is 17.2. The van der Waals surface area contributed by atoms with Crippen LogP contribution in [0, 0.1) is 11.8 Å². The number of likely N-dealkylation sites (tertiary alicyclic amines) is 1. The molecular formula is C22H27N3O. The number of hydrogen-bond donors (Lipinski definition) is 1. The molecule has 1 aliphatic heterocycles. The largest absolute Gasteiger partial charge is 0.345 e. The fourth-order valence-electron chi connectivity index (χ4n) is 4.57. The van der Waals surface area contributed by atoms with Crippen LogP contribution in [-0.4, -0.2) is 35.4 Å². The highest BCUT2D eigenvalue weighted by Gasteiger charge is 2.46. The van der Waals surface area contributed by atoms with E-state index < -0.39 is 0 Å². The predicted molar refractivity (Wildman–Crippen MR) is 103 cm³/mol. The lowest BCUT2D eigenvalue weighted by Gasteiger charge is -2.24.